The Bertz CT molecular complexity index is 1100. The predicted molar refractivity (Wildman–Crippen MR) is 93.3 cm³/mol. The van der Waals surface area contributed by atoms with Crippen molar-refractivity contribution in [2.24, 2.45) is 0 Å². The molecule has 7 nitrogen and oxygen atoms in total. The third kappa shape index (κ3) is 2.50. The fourth-order valence-corrected chi connectivity index (χ4v) is 2.91. The minimum Gasteiger partial charge on any atom is -0.268 e. The second-order valence-electron chi connectivity index (χ2n) is 5.90. The van der Waals surface area contributed by atoms with Crippen LogP contribution in [0.3, 0.4) is 0 Å². The number of fused-ring (bicyclic) bond motifs is 1. The van der Waals surface area contributed by atoms with Gasteiger partial charge in [-0.3, -0.25) is 9.20 Å². The van der Waals surface area contributed by atoms with Crippen LogP contribution in [-0.4, -0.2) is 29.6 Å². The van der Waals surface area contributed by atoms with E-state index in [0.717, 1.165) is 11.1 Å². The fraction of sp³-hybridized carbons (Fsp3) is 0.167. The lowest BCUT2D eigenvalue weighted by atomic mass is 10.1. The number of tetrazole rings is 1. The molecule has 0 aliphatic carbocycles. The molecule has 0 saturated heterocycles. The summed E-state index contributed by atoms with van der Waals surface area (Å²) in [6, 6.07) is 13.5. The van der Waals surface area contributed by atoms with Gasteiger partial charge in [0.25, 0.3) is 5.56 Å². The molecular weight excluding hydrogens is 316 g/mol. The molecule has 25 heavy (non-hydrogen) atoms. The molecule has 4 rings (SSSR count). The van der Waals surface area contributed by atoms with Crippen molar-refractivity contribution in [1.82, 2.24) is 29.6 Å². The first-order valence-electron chi connectivity index (χ1n) is 7.97. The van der Waals surface area contributed by atoms with Crippen LogP contribution >= 0.6 is 0 Å². The van der Waals surface area contributed by atoms with Crippen LogP contribution in [0.1, 0.15) is 24.1 Å². The van der Waals surface area contributed by atoms with Gasteiger partial charge < -0.3 is 0 Å². The maximum Gasteiger partial charge on any atom is 0.269 e. The van der Waals surface area contributed by atoms with E-state index in [-0.39, 0.29) is 11.6 Å². The third-order valence-electron chi connectivity index (χ3n) is 4.31. The molecule has 1 unspecified atom stereocenters. The largest absolute Gasteiger partial charge is 0.269 e. The molecule has 3 heterocycles. The molecular formula is C18H16N6O. The number of aromatic nitrogens is 6. The van der Waals surface area contributed by atoms with E-state index in [0.29, 0.717) is 17.0 Å². The van der Waals surface area contributed by atoms with Gasteiger partial charge in [0.15, 0.2) is 5.82 Å². The summed E-state index contributed by atoms with van der Waals surface area (Å²) >= 11 is 0. The smallest absolute Gasteiger partial charge is 0.268 e. The minimum absolute atomic E-state index is 0.108. The summed E-state index contributed by atoms with van der Waals surface area (Å²) in [6.45, 7) is 3.91. The van der Waals surface area contributed by atoms with Gasteiger partial charge in [-0.2, -0.15) is 0 Å². The molecule has 0 bridgehead atoms. The molecule has 0 N–H and O–H groups in total. The van der Waals surface area contributed by atoms with Crippen molar-refractivity contribution in [1.29, 1.82) is 0 Å². The normalized spacial score (nSPS) is 12.4. The van der Waals surface area contributed by atoms with Crippen LogP contribution in [-0.2, 0) is 0 Å². The van der Waals surface area contributed by atoms with Gasteiger partial charge in [-0.1, -0.05) is 36.4 Å². The number of hydrogen-bond donors (Lipinski definition) is 0. The molecule has 124 valence electrons. The van der Waals surface area contributed by atoms with Crippen LogP contribution in [0.5, 0.6) is 0 Å². The summed E-state index contributed by atoms with van der Waals surface area (Å²) in [5, 5.41) is 11.9. The van der Waals surface area contributed by atoms with Crippen LogP contribution in [0.15, 0.2) is 59.7 Å². The van der Waals surface area contributed by atoms with E-state index in [1.165, 1.54) is 4.40 Å². The van der Waals surface area contributed by atoms with Crippen molar-refractivity contribution in [3.05, 3.63) is 76.3 Å². The number of benzene rings is 1. The zero-order valence-corrected chi connectivity index (χ0v) is 13.9. The Hall–Kier alpha value is -3.35. The van der Waals surface area contributed by atoms with Gasteiger partial charge in [0.05, 0.1) is 6.04 Å². The predicted octanol–water partition coefficient (Wildman–Crippen LogP) is 2.27. The number of pyridine rings is 1. The van der Waals surface area contributed by atoms with Gasteiger partial charge >= 0.3 is 0 Å². The van der Waals surface area contributed by atoms with Crippen LogP contribution in [0.25, 0.3) is 17.0 Å². The molecule has 7 heteroatoms. The highest BCUT2D eigenvalue weighted by atomic mass is 16.1. The van der Waals surface area contributed by atoms with E-state index in [4.69, 9.17) is 0 Å². The van der Waals surface area contributed by atoms with Crippen LogP contribution in [0.2, 0.25) is 0 Å². The Labute approximate surface area is 143 Å². The number of rotatable bonds is 3. The third-order valence-corrected chi connectivity index (χ3v) is 4.31. The summed E-state index contributed by atoms with van der Waals surface area (Å²) in [5.41, 5.74) is 2.80. The van der Waals surface area contributed by atoms with Crippen LogP contribution in [0, 0.1) is 6.92 Å². The van der Waals surface area contributed by atoms with Crippen LogP contribution in [0.4, 0.5) is 0 Å². The summed E-state index contributed by atoms with van der Waals surface area (Å²) in [6.07, 6.45) is 3.25. The van der Waals surface area contributed by atoms with E-state index in [9.17, 15) is 4.79 Å². The maximum atomic E-state index is 12.9. The van der Waals surface area contributed by atoms with Crippen molar-refractivity contribution in [3.63, 3.8) is 0 Å². The molecule has 1 atom stereocenters. The molecule has 0 saturated carbocycles. The molecule has 4 aromatic rings. The lowest BCUT2D eigenvalue weighted by Gasteiger charge is -2.13. The molecule has 0 fully saturated rings. The van der Waals surface area contributed by atoms with Crippen molar-refractivity contribution in [3.8, 4) is 11.4 Å². The highest BCUT2D eigenvalue weighted by Crippen LogP contribution is 2.21. The van der Waals surface area contributed by atoms with Gasteiger partial charge in [-0.15, -0.1) is 5.10 Å². The molecule has 0 radical (unpaired) electrons. The Morgan fingerprint density at radius 2 is 1.88 bits per heavy atom. The number of hydrogen-bond acceptors (Lipinski definition) is 5. The van der Waals surface area contributed by atoms with Crippen molar-refractivity contribution in [2.45, 2.75) is 19.9 Å². The van der Waals surface area contributed by atoms with Gasteiger partial charge in [-0.05, 0) is 41.5 Å². The molecule has 0 amide bonds. The van der Waals surface area contributed by atoms with E-state index in [1.807, 2.05) is 56.3 Å². The Morgan fingerprint density at radius 3 is 2.68 bits per heavy atom. The summed E-state index contributed by atoms with van der Waals surface area (Å²) in [5.74, 6) is 0.407. The first-order chi connectivity index (χ1) is 12.2. The average Bonchev–Trinajstić information content (AvgIpc) is 3.12. The van der Waals surface area contributed by atoms with Crippen molar-refractivity contribution >= 4 is 5.65 Å². The van der Waals surface area contributed by atoms with Gasteiger partial charge in [0.2, 0.25) is 0 Å². The van der Waals surface area contributed by atoms with E-state index in [2.05, 4.69) is 20.5 Å². The highest BCUT2D eigenvalue weighted by molar-refractivity contribution is 5.57. The first-order valence-corrected chi connectivity index (χ1v) is 7.97. The minimum atomic E-state index is -0.190. The fourth-order valence-electron chi connectivity index (χ4n) is 2.91. The quantitative estimate of drug-likeness (QED) is 0.575. The monoisotopic (exact) mass is 332 g/mol. The summed E-state index contributed by atoms with van der Waals surface area (Å²) in [7, 11) is 0. The van der Waals surface area contributed by atoms with E-state index < -0.39 is 0 Å². The molecule has 0 spiro atoms. The first kappa shape index (κ1) is 15.2. The number of aryl methyl sites for hydroxylation is 1. The molecule has 0 aliphatic rings. The van der Waals surface area contributed by atoms with Gasteiger partial charge in [-0.25, -0.2) is 9.67 Å². The van der Waals surface area contributed by atoms with Crippen LogP contribution < -0.4 is 5.56 Å². The average molecular weight is 332 g/mol. The van der Waals surface area contributed by atoms with Crippen molar-refractivity contribution in [2.75, 3.05) is 0 Å². The standard InChI is InChI=1S/C18H16N6O/c1-12-7-6-10-23-16(12)19-11-15(18(23)25)17-20-21-22-24(17)13(2)14-8-4-3-5-9-14/h3-11,13H,1-2H3. The second kappa shape index (κ2) is 5.94. The Kier molecular flexibility index (Phi) is 3.61. The van der Waals surface area contributed by atoms with Gasteiger partial charge in [0, 0.05) is 12.4 Å². The van der Waals surface area contributed by atoms with Crippen molar-refractivity contribution < 1.29 is 0 Å². The lowest BCUT2D eigenvalue weighted by molar-refractivity contribution is 0.548. The molecule has 0 aliphatic heterocycles. The Morgan fingerprint density at radius 1 is 1.08 bits per heavy atom. The summed E-state index contributed by atoms with van der Waals surface area (Å²) in [4.78, 5) is 17.3. The maximum absolute atomic E-state index is 12.9. The zero-order valence-electron chi connectivity index (χ0n) is 13.9. The number of nitrogens with zero attached hydrogens (tertiary/aromatic N) is 6. The zero-order chi connectivity index (χ0) is 17.4. The molecule has 1 aromatic carbocycles. The SMILES string of the molecule is Cc1cccn2c(=O)c(-c3nnnn3C(C)c3ccccc3)cnc12. The van der Waals surface area contributed by atoms with E-state index in [1.54, 1.807) is 17.1 Å². The molecule has 3 aromatic heterocycles. The topological polar surface area (TPSA) is 78.0 Å². The summed E-state index contributed by atoms with van der Waals surface area (Å²) < 4.78 is 3.17. The second-order valence-corrected chi connectivity index (χ2v) is 5.90. The lowest BCUT2D eigenvalue weighted by Crippen LogP contribution is -2.20. The highest BCUT2D eigenvalue weighted by Gasteiger charge is 2.19. The van der Waals surface area contributed by atoms with Gasteiger partial charge in [0.1, 0.15) is 11.2 Å². The van der Waals surface area contributed by atoms with E-state index >= 15 is 0 Å². The Balaban J connectivity index is 1.88.